The third-order valence-electron chi connectivity index (χ3n) is 4.61. The molecule has 0 aromatic heterocycles. The number of ether oxygens (including phenoxy) is 1. The average molecular weight is 441 g/mol. The fourth-order valence-electron chi connectivity index (χ4n) is 3.20. The number of ketones is 1. The SMILES string of the molecule is COc1cccc(CC(O)C=C[C@H]2C(O)CC(=O)C2SCCCSCC(=O)O)c1. The van der Waals surface area contributed by atoms with Gasteiger partial charge in [0, 0.05) is 18.8 Å². The molecule has 0 amide bonds. The highest BCUT2D eigenvalue weighted by atomic mass is 32.2. The molecule has 1 aliphatic carbocycles. The number of hydrogen-bond donors (Lipinski definition) is 3. The molecule has 0 heterocycles. The van der Waals surface area contributed by atoms with Gasteiger partial charge in [0.25, 0.3) is 0 Å². The normalized spacial score (nSPS) is 22.9. The van der Waals surface area contributed by atoms with Crippen LogP contribution in [-0.4, -0.2) is 68.9 Å². The van der Waals surface area contributed by atoms with Crippen molar-refractivity contribution in [2.75, 3.05) is 24.4 Å². The summed E-state index contributed by atoms with van der Waals surface area (Å²) in [5.41, 5.74) is 0.939. The van der Waals surface area contributed by atoms with E-state index in [4.69, 9.17) is 9.84 Å². The highest BCUT2D eigenvalue weighted by Crippen LogP contribution is 2.34. The van der Waals surface area contributed by atoms with E-state index < -0.39 is 18.2 Å². The molecule has 8 heteroatoms. The van der Waals surface area contributed by atoms with Gasteiger partial charge in [0.05, 0.1) is 30.3 Å². The molecule has 29 heavy (non-hydrogen) atoms. The van der Waals surface area contributed by atoms with Crippen molar-refractivity contribution in [2.45, 2.75) is 36.7 Å². The molecule has 2 rings (SSSR count). The molecule has 1 saturated carbocycles. The maximum Gasteiger partial charge on any atom is 0.313 e. The minimum absolute atomic E-state index is 0.0256. The van der Waals surface area contributed by atoms with E-state index >= 15 is 0 Å². The second kappa shape index (κ2) is 12.3. The van der Waals surface area contributed by atoms with E-state index in [1.165, 1.54) is 23.5 Å². The van der Waals surface area contributed by atoms with Crippen molar-refractivity contribution >= 4 is 35.3 Å². The van der Waals surface area contributed by atoms with Crippen molar-refractivity contribution in [3.63, 3.8) is 0 Å². The van der Waals surface area contributed by atoms with E-state index in [1.54, 1.807) is 19.3 Å². The summed E-state index contributed by atoms with van der Waals surface area (Å²) in [4.78, 5) is 22.7. The zero-order valence-corrected chi connectivity index (χ0v) is 18.0. The number of carboxylic acids is 1. The molecule has 4 atom stereocenters. The Bertz CT molecular complexity index is 708. The van der Waals surface area contributed by atoms with Gasteiger partial charge in [-0.05, 0) is 35.6 Å². The first-order valence-electron chi connectivity index (χ1n) is 9.52. The van der Waals surface area contributed by atoms with Gasteiger partial charge in [-0.3, -0.25) is 9.59 Å². The van der Waals surface area contributed by atoms with Crippen LogP contribution < -0.4 is 4.74 Å². The Morgan fingerprint density at radius 3 is 2.90 bits per heavy atom. The van der Waals surface area contributed by atoms with Gasteiger partial charge in [-0.25, -0.2) is 0 Å². The lowest BCUT2D eigenvalue weighted by molar-refractivity contribution is -0.133. The molecule has 160 valence electrons. The van der Waals surface area contributed by atoms with Crippen molar-refractivity contribution in [1.82, 2.24) is 0 Å². The summed E-state index contributed by atoms with van der Waals surface area (Å²) >= 11 is 2.86. The van der Waals surface area contributed by atoms with Crippen LogP contribution in [0, 0.1) is 5.92 Å². The Kier molecular flexibility index (Phi) is 10.1. The van der Waals surface area contributed by atoms with Gasteiger partial charge >= 0.3 is 5.97 Å². The minimum atomic E-state index is -0.825. The number of methoxy groups -OCH3 is 1. The summed E-state index contributed by atoms with van der Waals surface area (Å²) in [6.45, 7) is 0. The molecule has 1 aliphatic rings. The van der Waals surface area contributed by atoms with E-state index in [9.17, 15) is 19.8 Å². The number of aliphatic hydroxyl groups excluding tert-OH is 2. The van der Waals surface area contributed by atoms with E-state index in [-0.39, 0.29) is 29.1 Å². The number of carbonyl (C=O) groups is 2. The Labute approximate surface area is 179 Å². The van der Waals surface area contributed by atoms with Gasteiger partial charge in [-0.2, -0.15) is 11.8 Å². The molecule has 3 unspecified atom stereocenters. The lowest BCUT2D eigenvalue weighted by atomic mass is 10.0. The lowest BCUT2D eigenvalue weighted by Crippen LogP contribution is -2.22. The highest BCUT2D eigenvalue weighted by molar-refractivity contribution is 8.01. The first-order valence-corrected chi connectivity index (χ1v) is 11.7. The predicted octanol–water partition coefficient (Wildman–Crippen LogP) is 2.41. The van der Waals surface area contributed by atoms with Crippen LogP contribution in [0.5, 0.6) is 5.75 Å². The van der Waals surface area contributed by atoms with E-state index in [0.717, 1.165) is 29.2 Å². The van der Waals surface area contributed by atoms with Crippen LogP contribution in [0.4, 0.5) is 0 Å². The summed E-state index contributed by atoms with van der Waals surface area (Å²) in [5, 5.41) is 28.9. The number of benzene rings is 1. The van der Waals surface area contributed by atoms with Crippen molar-refractivity contribution in [3.05, 3.63) is 42.0 Å². The monoisotopic (exact) mass is 440 g/mol. The number of carbonyl (C=O) groups excluding carboxylic acids is 1. The number of Topliss-reactive ketones (excluding diaryl/α,β-unsaturated/α-hetero) is 1. The van der Waals surface area contributed by atoms with Crippen LogP contribution in [0.15, 0.2) is 36.4 Å². The standard InChI is InChI=1S/C21H28O6S2/c1-27-16-5-2-4-14(11-16)10-15(22)6-7-17-18(23)12-19(24)21(17)29-9-3-8-28-13-20(25)26/h2,4-7,11,15,17-18,21-23H,3,8-10,12-13H2,1H3,(H,25,26)/t15?,17-,18?,21?/m0/s1. The molecular formula is C21H28O6S2. The quantitative estimate of drug-likeness (QED) is 0.336. The molecule has 1 aromatic carbocycles. The van der Waals surface area contributed by atoms with Crippen LogP contribution in [0.25, 0.3) is 0 Å². The van der Waals surface area contributed by atoms with Gasteiger partial charge in [0.15, 0.2) is 0 Å². The van der Waals surface area contributed by atoms with E-state index in [1.807, 2.05) is 24.3 Å². The van der Waals surface area contributed by atoms with Crippen molar-refractivity contribution in [1.29, 1.82) is 0 Å². The molecule has 0 radical (unpaired) electrons. The van der Waals surface area contributed by atoms with Crippen LogP contribution in [0.1, 0.15) is 18.4 Å². The van der Waals surface area contributed by atoms with Crippen LogP contribution >= 0.6 is 23.5 Å². The Hall–Kier alpha value is -1.48. The Balaban J connectivity index is 1.85. The largest absolute Gasteiger partial charge is 0.497 e. The average Bonchev–Trinajstić information content (AvgIpc) is 2.95. The molecule has 3 N–H and O–H groups in total. The smallest absolute Gasteiger partial charge is 0.313 e. The fourth-order valence-corrected chi connectivity index (χ4v) is 5.40. The zero-order valence-electron chi connectivity index (χ0n) is 16.4. The number of hydrogen-bond acceptors (Lipinski definition) is 7. The van der Waals surface area contributed by atoms with Crippen LogP contribution in [-0.2, 0) is 16.0 Å². The highest BCUT2D eigenvalue weighted by Gasteiger charge is 2.40. The molecule has 0 spiro atoms. The number of rotatable bonds is 12. The summed E-state index contributed by atoms with van der Waals surface area (Å²) < 4.78 is 5.19. The van der Waals surface area contributed by atoms with Crippen molar-refractivity contribution in [2.24, 2.45) is 5.92 Å². The maximum atomic E-state index is 12.2. The molecule has 0 aliphatic heterocycles. The third-order valence-corrected chi connectivity index (χ3v) is 7.10. The second-order valence-corrected chi connectivity index (χ2v) is 9.27. The Morgan fingerprint density at radius 2 is 2.17 bits per heavy atom. The molecule has 1 fully saturated rings. The maximum absolute atomic E-state index is 12.2. The van der Waals surface area contributed by atoms with Crippen molar-refractivity contribution in [3.8, 4) is 5.75 Å². The minimum Gasteiger partial charge on any atom is -0.497 e. The fraction of sp³-hybridized carbons (Fsp3) is 0.524. The summed E-state index contributed by atoms with van der Waals surface area (Å²) in [7, 11) is 1.59. The predicted molar refractivity (Wildman–Crippen MR) is 117 cm³/mol. The first kappa shape index (κ1) is 23.8. The topological polar surface area (TPSA) is 104 Å². The van der Waals surface area contributed by atoms with Gasteiger partial charge in [0.2, 0.25) is 0 Å². The van der Waals surface area contributed by atoms with Gasteiger partial charge in [-0.15, -0.1) is 11.8 Å². The molecule has 1 aromatic rings. The van der Waals surface area contributed by atoms with Crippen LogP contribution in [0.2, 0.25) is 0 Å². The van der Waals surface area contributed by atoms with Gasteiger partial charge < -0.3 is 20.1 Å². The van der Waals surface area contributed by atoms with E-state index in [2.05, 4.69) is 0 Å². The summed E-state index contributed by atoms with van der Waals surface area (Å²) in [5.74, 6) is 1.15. The molecule has 0 saturated heterocycles. The number of aliphatic carboxylic acids is 1. The van der Waals surface area contributed by atoms with Gasteiger partial charge in [0.1, 0.15) is 11.5 Å². The second-order valence-electron chi connectivity index (χ2n) is 6.91. The first-order chi connectivity index (χ1) is 13.9. The lowest BCUT2D eigenvalue weighted by Gasteiger charge is -2.17. The van der Waals surface area contributed by atoms with E-state index in [0.29, 0.717) is 6.42 Å². The number of thioether (sulfide) groups is 2. The number of aliphatic hydroxyl groups is 2. The van der Waals surface area contributed by atoms with Gasteiger partial charge in [-0.1, -0.05) is 24.3 Å². The summed E-state index contributed by atoms with van der Waals surface area (Å²) in [6.07, 6.45) is 3.32. The molecule has 0 bridgehead atoms. The third kappa shape index (κ3) is 8.04. The molecule has 6 nitrogen and oxygen atoms in total. The summed E-state index contributed by atoms with van der Waals surface area (Å²) in [6, 6.07) is 7.49. The van der Waals surface area contributed by atoms with Crippen molar-refractivity contribution < 1.29 is 29.6 Å². The Morgan fingerprint density at radius 1 is 1.38 bits per heavy atom. The van der Waals surface area contributed by atoms with Crippen LogP contribution in [0.3, 0.4) is 0 Å². The zero-order chi connectivity index (χ0) is 21.2. The number of carboxylic acid groups (broad SMARTS) is 1. The molecular weight excluding hydrogens is 412 g/mol.